The SMILES string of the molecule is CCNC(COCc1ccccc1F)c1ccccc1C. The van der Waals surface area contributed by atoms with Crippen LogP contribution in [0.1, 0.15) is 29.7 Å². The first-order chi connectivity index (χ1) is 10.2. The Bertz CT molecular complexity index is 571. The van der Waals surface area contributed by atoms with Gasteiger partial charge in [0.05, 0.1) is 19.3 Å². The third kappa shape index (κ3) is 4.38. The summed E-state index contributed by atoms with van der Waals surface area (Å²) < 4.78 is 19.3. The zero-order chi connectivity index (χ0) is 15.1. The van der Waals surface area contributed by atoms with Gasteiger partial charge in [-0.3, -0.25) is 0 Å². The largest absolute Gasteiger partial charge is 0.375 e. The molecule has 1 atom stereocenters. The smallest absolute Gasteiger partial charge is 0.128 e. The van der Waals surface area contributed by atoms with Crippen LogP contribution in [0.4, 0.5) is 4.39 Å². The normalized spacial score (nSPS) is 12.3. The van der Waals surface area contributed by atoms with E-state index in [0.29, 0.717) is 18.8 Å². The highest BCUT2D eigenvalue weighted by Gasteiger charge is 2.13. The van der Waals surface area contributed by atoms with E-state index in [1.807, 2.05) is 18.2 Å². The molecule has 2 rings (SSSR count). The van der Waals surface area contributed by atoms with E-state index in [-0.39, 0.29) is 11.9 Å². The predicted octanol–water partition coefficient (Wildman–Crippen LogP) is 4.00. The lowest BCUT2D eigenvalue weighted by Gasteiger charge is -2.20. The second-order valence-electron chi connectivity index (χ2n) is 5.07. The summed E-state index contributed by atoms with van der Waals surface area (Å²) >= 11 is 0. The number of ether oxygens (including phenoxy) is 1. The number of halogens is 1. The number of nitrogens with one attached hydrogen (secondary N) is 1. The van der Waals surface area contributed by atoms with Gasteiger partial charge in [-0.1, -0.05) is 49.4 Å². The maximum Gasteiger partial charge on any atom is 0.128 e. The molecule has 0 bridgehead atoms. The Hall–Kier alpha value is -1.71. The molecular weight excluding hydrogens is 265 g/mol. The van der Waals surface area contributed by atoms with Gasteiger partial charge < -0.3 is 10.1 Å². The van der Waals surface area contributed by atoms with Crippen molar-refractivity contribution in [1.29, 1.82) is 0 Å². The first-order valence-electron chi connectivity index (χ1n) is 7.32. The van der Waals surface area contributed by atoms with Crippen molar-refractivity contribution < 1.29 is 9.13 Å². The van der Waals surface area contributed by atoms with Crippen LogP contribution < -0.4 is 5.32 Å². The van der Waals surface area contributed by atoms with Gasteiger partial charge in [0, 0.05) is 5.56 Å². The predicted molar refractivity (Wildman–Crippen MR) is 83.7 cm³/mol. The van der Waals surface area contributed by atoms with Crippen molar-refractivity contribution >= 4 is 0 Å². The third-order valence-electron chi connectivity index (χ3n) is 3.51. The molecule has 0 aliphatic rings. The van der Waals surface area contributed by atoms with E-state index in [1.54, 1.807) is 12.1 Å². The molecule has 3 heteroatoms. The van der Waals surface area contributed by atoms with Crippen LogP contribution in [0.25, 0.3) is 0 Å². The fourth-order valence-electron chi connectivity index (χ4n) is 2.39. The summed E-state index contributed by atoms with van der Waals surface area (Å²) in [5.41, 5.74) is 3.06. The summed E-state index contributed by atoms with van der Waals surface area (Å²) in [6.07, 6.45) is 0. The molecule has 0 radical (unpaired) electrons. The van der Waals surface area contributed by atoms with Crippen molar-refractivity contribution in [2.75, 3.05) is 13.2 Å². The summed E-state index contributed by atoms with van der Waals surface area (Å²) in [7, 11) is 0. The fraction of sp³-hybridized carbons (Fsp3) is 0.333. The molecular formula is C18H22FNO. The maximum atomic E-state index is 13.6. The van der Waals surface area contributed by atoms with Gasteiger partial charge in [-0.05, 0) is 30.7 Å². The van der Waals surface area contributed by atoms with E-state index in [9.17, 15) is 4.39 Å². The van der Waals surface area contributed by atoms with Gasteiger partial charge in [-0.25, -0.2) is 4.39 Å². The average Bonchev–Trinajstić information content (AvgIpc) is 2.49. The molecule has 0 saturated heterocycles. The first-order valence-corrected chi connectivity index (χ1v) is 7.32. The van der Waals surface area contributed by atoms with E-state index in [1.165, 1.54) is 17.2 Å². The van der Waals surface area contributed by atoms with Gasteiger partial charge in [-0.15, -0.1) is 0 Å². The second kappa shape index (κ2) is 7.91. The summed E-state index contributed by atoms with van der Waals surface area (Å²) in [4.78, 5) is 0. The van der Waals surface area contributed by atoms with Gasteiger partial charge in [0.25, 0.3) is 0 Å². The van der Waals surface area contributed by atoms with Crippen molar-refractivity contribution in [3.63, 3.8) is 0 Å². The van der Waals surface area contributed by atoms with Crippen molar-refractivity contribution in [2.45, 2.75) is 26.5 Å². The maximum absolute atomic E-state index is 13.6. The Morgan fingerprint density at radius 2 is 1.81 bits per heavy atom. The molecule has 2 aromatic carbocycles. The fourth-order valence-corrected chi connectivity index (χ4v) is 2.39. The van der Waals surface area contributed by atoms with Crippen LogP contribution in [-0.2, 0) is 11.3 Å². The van der Waals surface area contributed by atoms with Crippen molar-refractivity contribution in [2.24, 2.45) is 0 Å². The standard InChI is InChI=1S/C18H22FNO/c1-3-20-18(16-10-6-4-8-14(16)2)13-21-12-15-9-5-7-11-17(15)19/h4-11,18,20H,3,12-13H2,1-2H3. The van der Waals surface area contributed by atoms with Crippen LogP contribution in [0.3, 0.4) is 0 Å². The molecule has 2 nitrogen and oxygen atoms in total. The molecule has 0 aromatic heterocycles. The quantitative estimate of drug-likeness (QED) is 0.831. The van der Waals surface area contributed by atoms with Crippen LogP contribution in [0.15, 0.2) is 48.5 Å². The molecule has 0 saturated carbocycles. The third-order valence-corrected chi connectivity index (χ3v) is 3.51. The number of rotatable bonds is 7. The van der Waals surface area contributed by atoms with Crippen LogP contribution in [0.2, 0.25) is 0 Å². The Morgan fingerprint density at radius 1 is 1.10 bits per heavy atom. The molecule has 21 heavy (non-hydrogen) atoms. The Labute approximate surface area is 126 Å². The molecule has 0 aliphatic carbocycles. The zero-order valence-corrected chi connectivity index (χ0v) is 12.6. The minimum absolute atomic E-state index is 0.128. The molecule has 0 aliphatic heterocycles. The van der Waals surface area contributed by atoms with Crippen LogP contribution in [0.5, 0.6) is 0 Å². The minimum atomic E-state index is -0.214. The van der Waals surface area contributed by atoms with Crippen molar-refractivity contribution in [3.05, 3.63) is 71.0 Å². The number of benzene rings is 2. The van der Waals surface area contributed by atoms with Gasteiger partial charge >= 0.3 is 0 Å². The lowest BCUT2D eigenvalue weighted by atomic mass is 10.0. The Morgan fingerprint density at radius 3 is 2.52 bits per heavy atom. The number of hydrogen-bond acceptors (Lipinski definition) is 2. The highest BCUT2D eigenvalue weighted by atomic mass is 19.1. The van der Waals surface area contributed by atoms with Gasteiger partial charge in [0.2, 0.25) is 0 Å². The summed E-state index contributed by atoms with van der Waals surface area (Å²) in [6, 6.07) is 15.1. The molecule has 1 N–H and O–H groups in total. The highest BCUT2D eigenvalue weighted by molar-refractivity contribution is 5.28. The van der Waals surface area contributed by atoms with Crippen LogP contribution >= 0.6 is 0 Å². The molecule has 0 spiro atoms. The number of likely N-dealkylation sites (N-methyl/N-ethyl adjacent to an activating group) is 1. The van der Waals surface area contributed by atoms with Gasteiger partial charge in [0.1, 0.15) is 5.82 Å². The van der Waals surface area contributed by atoms with Crippen molar-refractivity contribution in [3.8, 4) is 0 Å². The van der Waals surface area contributed by atoms with Crippen LogP contribution in [-0.4, -0.2) is 13.2 Å². The summed E-state index contributed by atoms with van der Waals surface area (Å²) in [6.45, 7) is 5.84. The molecule has 112 valence electrons. The minimum Gasteiger partial charge on any atom is -0.375 e. The first kappa shape index (κ1) is 15.7. The molecule has 0 fully saturated rings. The number of hydrogen-bond donors (Lipinski definition) is 1. The average molecular weight is 287 g/mol. The molecule has 0 heterocycles. The second-order valence-corrected chi connectivity index (χ2v) is 5.07. The van der Waals surface area contributed by atoms with E-state index >= 15 is 0 Å². The lowest BCUT2D eigenvalue weighted by Crippen LogP contribution is -2.26. The van der Waals surface area contributed by atoms with Crippen molar-refractivity contribution in [1.82, 2.24) is 5.32 Å². The monoisotopic (exact) mass is 287 g/mol. The number of aryl methyl sites for hydroxylation is 1. The van der Waals surface area contributed by atoms with E-state index in [0.717, 1.165) is 6.54 Å². The Balaban J connectivity index is 1.98. The zero-order valence-electron chi connectivity index (χ0n) is 12.6. The summed E-state index contributed by atoms with van der Waals surface area (Å²) in [5, 5.41) is 3.42. The van der Waals surface area contributed by atoms with Crippen LogP contribution in [0, 0.1) is 12.7 Å². The summed E-state index contributed by atoms with van der Waals surface area (Å²) in [5.74, 6) is -0.214. The highest BCUT2D eigenvalue weighted by Crippen LogP contribution is 2.18. The van der Waals surface area contributed by atoms with E-state index in [2.05, 4.69) is 31.3 Å². The molecule has 2 aromatic rings. The van der Waals surface area contributed by atoms with E-state index < -0.39 is 0 Å². The van der Waals surface area contributed by atoms with E-state index in [4.69, 9.17) is 4.74 Å². The topological polar surface area (TPSA) is 21.3 Å². The molecule has 0 amide bonds. The van der Waals surface area contributed by atoms with Gasteiger partial charge in [0.15, 0.2) is 0 Å². The van der Waals surface area contributed by atoms with Gasteiger partial charge in [-0.2, -0.15) is 0 Å². The molecule has 1 unspecified atom stereocenters. The Kier molecular flexibility index (Phi) is 5.90. The lowest BCUT2D eigenvalue weighted by molar-refractivity contribution is 0.0969.